The number of carbonyl (C=O) groups excluding carboxylic acids is 2. The Hall–Kier alpha value is -1.66. The number of hydrogen-bond acceptors (Lipinski definition) is 5. The topological polar surface area (TPSA) is 95.9 Å². The fourth-order valence-electron chi connectivity index (χ4n) is 8.43. The summed E-state index contributed by atoms with van der Waals surface area (Å²) in [4.78, 5) is 26.1. The van der Waals surface area contributed by atoms with Crippen LogP contribution in [-0.2, 0) is 14.3 Å². The van der Waals surface area contributed by atoms with E-state index in [1.165, 1.54) is 186 Å². The third kappa shape index (κ3) is 44.7. The molecular weight excluding hydrogens is 755 g/mol. The minimum absolute atomic E-state index is 0.0500. The molecule has 0 spiro atoms. The van der Waals surface area contributed by atoms with Crippen LogP contribution in [0.25, 0.3) is 0 Å². The summed E-state index contributed by atoms with van der Waals surface area (Å²) in [6.07, 6.45) is 56.8. The quantitative estimate of drug-likeness (QED) is 0.0322. The Balaban J connectivity index is 4.55. The number of aliphatic hydroxyl groups is 2. The lowest BCUT2D eigenvalue weighted by Crippen LogP contribution is -2.46. The van der Waals surface area contributed by atoms with Crippen molar-refractivity contribution in [2.24, 2.45) is 0 Å². The Kier molecular flexibility index (Phi) is 48.0. The second-order valence-electron chi connectivity index (χ2n) is 18.7. The number of allylic oxidation sites excluding steroid dienone is 4. The first-order chi connectivity index (χ1) is 30.0. The fraction of sp³-hybridized carbons (Fsp3) is 0.891. The van der Waals surface area contributed by atoms with Crippen molar-refractivity contribution < 1.29 is 24.5 Å². The first-order valence-electron chi connectivity index (χ1n) is 27.1. The molecule has 0 bridgehead atoms. The van der Waals surface area contributed by atoms with Gasteiger partial charge in [0.1, 0.15) is 6.10 Å². The molecule has 6 nitrogen and oxygen atoms in total. The molecule has 0 aromatic carbocycles. The first kappa shape index (κ1) is 59.3. The lowest BCUT2D eigenvalue weighted by molar-refractivity contribution is -0.151. The smallest absolute Gasteiger partial charge is 0.306 e. The van der Waals surface area contributed by atoms with Gasteiger partial charge in [-0.25, -0.2) is 0 Å². The van der Waals surface area contributed by atoms with Crippen LogP contribution in [0.3, 0.4) is 0 Å². The van der Waals surface area contributed by atoms with Crippen LogP contribution in [0.4, 0.5) is 0 Å². The molecule has 0 aromatic rings. The van der Waals surface area contributed by atoms with E-state index >= 15 is 0 Å². The number of esters is 1. The normalized spacial score (nSPS) is 13.3. The predicted octanol–water partition coefficient (Wildman–Crippen LogP) is 16.3. The Morgan fingerprint density at radius 2 is 0.836 bits per heavy atom. The number of hydrogen-bond donors (Lipinski definition) is 3. The third-order valence-corrected chi connectivity index (χ3v) is 12.6. The van der Waals surface area contributed by atoms with Gasteiger partial charge in [0.2, 0.25) is 5.91 Å². The second-order valence-corrected chi connectivity index (χ2v) is 18.7. The van der Waals surface area contributed by atoms with Crippen molar-refractivity contribution in [2.75, 3.05) is 6.61 Å². The summed E-state index contributed by atoms with van der Waals surface area (Å²) in [5, 5.41) is 23.7. The van der Waals surface area contributed by atoms with Gasteiger partial charge in [-0.2, -0.15) is 0 Å². The van der Waals surface area contributed by atoms with Crippen LogP contribution >= 0.6 is 0 Å². The average molecular weight is 860 g/mol. The summed E-state index contributed by atoms with van der Waals surface area (Å²) in [5.74, 6) is -0.506. The lowest BCUT2D eigenvalue weighted by Gasteiger charge is -2.24. The van der Waals surface area contributed by atoms with E-state index in [9.17, 15) is 19.8 Å². The molecule has 0 aliphatic rings. The van der Waals surface area contributed by atoms with E-state index in [0.717, 1.165) is 57.8 Å². The van der Waals surface area contributed by atoms with Gasteiger partial charge in [-0.1, -0.05) is 257 Å². The van der Waals surface area contributed by atoms with Gasteiger partial charge in [-0.3, -0.25) is 9.59 Å². The first-order valence-corrected chi connectivity index (χ1v) is 27.1. The molecule has 0 aliphatic carbocycles. The lowest BCUT2D eigenvalue weighted by atomic mass is 10.0. The second kappa shape index (κ2) is 49.4. The molecule has 61 heavy (non-hydrogen) atoms. The standard InChI is InChI=1S/C55H105NO5/c1-4-7-10-13-16-19-22-24-26-27-28-29-31-33-36-39-42-45-48-55(60)61-51(46-43-40-37-34-32-30-25-23-20-17-14-11-8-5-2)49-54(59)56-52(50-57)53(58)47-44-41-38-35-21-18-15-12-9-6-3/h30,32,34,37,51-53,57-58H,4-29,31,33,35-36,38-50H2,1-3H3,(H,56,59)/b32-30+,37-34+. The van der Waals surface area contributed by atoms with Gasteiger partial charge < -0.3 is 20.3 Å². The predicted molar refractivity (Wildman–Crippen MR) is 264 cm³/mol. The van der Waals surface area contributed by atoms with Gasteiger partial charge in [-0.05, 0) is 44.9 Å². The van der Waals surface area contributed by atoms with E-state index in [-0.39, 0.29) is 24.9 Å². The van der Waals surface area contributed by atoms with Crippen LogP contribution in [0.2, 0.25) is 0 Å². The molecule has 3 atom stereocenters. The summed E-state index contributed by atoms with van der Waals surface area (Å²) in [7, 11) is 0. The summed E-state index contributed by atoms with van der Waals surface area (Å²) >= 11 is 0. The summed E-state index contributed by atoms with van der Waals surface area (Å²) in [6, 6.07) is -0.710. The summed E-state index contributed by atoms with van der Waals surface area (Å²) < 4.78 is 5.92. The van der Waals surface area contributed by atoms with Crippen LogP contribution in [0, 0.1) is 0 Å². The van der Waals surface area contributed by atoms with E-state index in [1.807, 2.05) is 0 Å². The van der Waals surface area contributed by atoms with Crippen molar-refractivity contribution in [3.63, 3.8) is 0 Å². The van der Waals surface area contributed by atoms with Crippen molar-refractivity contribution in [3.05, 3.63) is 24.3 Å². The molecule has 3 N–H and O–H groups in total. The number of carbonyl (C=O) groups is 2. The summed E-state index contributed by atoms with van der Waals surface area (Å²) in [6.45, 7) is 6.48. The molecule has 0 rings (SSSR count). The molecule has 6 heteroatoms. The molecule has 0 saturated heterocycles. The van der Waals surface area contributed by atoms with E-state index < -0.39 is 18.2 Å². The van der Waals surface area contributed by atoms with E-state index in [0.29, 0.717) is 19.3 Å². The highest BCUT2D eigenvalue weighted by atomic mass is 16.5. The van der Waals surface area contributed by atoms with Crippen molar-refractivity contribution in [3.8, 4) is 0 Å². The van der Waals surface area contributed by atoms with E-state index in [4.69, 9.17) is 4.74 Å². The molecule has 0 fully saturated rings. The fourth-order valence-corrected chi connectivity index (χ4v) is 8.43. The third-order valence-electron chi connectivity index (χ3n) is 12.6. The van der Waals surface area contributed by atoms with E-state index in [2.05, 4.69) is 50.4 Å². The number of rotatable bonds is 49. The Bertz CT molecular complexity index is 966. The highest BCUT2D eigenvalue weighted by Gasteiger charge is 2.24. The Labute approximate surface area is 380 Å². The molecular formula is C55H105NO5. The molecule has 0 aromatic heterocycles. The molecule has 360 valence electrons. The van der Waals surface area contributed by atoms with Crippen LogP contribution in [0.5, 0.6) is 0 Å². The zero-order valence-electron chi connectivity index (χ0n) is 41.1. The maximum atomic E-state index is 13.2. The molecule has 0 radical (unpaired) electrons. The zero-order valence-corrected chi connectivity index (χ0v) is 41.1. The SMILES string of the molecule is CCCCCCCCC/C=C/C=C/CCCC(CC(=O)NC(CO)C(O)CCCCCCCCCCCC)OC(=O)CCCCCCCCCCCCCCCCCCCC. The highest BCUT2D eigenvalue weighted by molar-refractivity contribution is 5.77. The van der Waals surface area contributed by atoms with E-state index in [1.54, 1.807) is 0 Å². The van der Waals surface area contributed by atoms with Crippen molar-refractivity contribution in [1.82, 2.24) is 5.32 Å². The number of unbranched alkanes of at least 4 members (excludes halogenated alkanes) is 34. The monoisotopic (exact) mass is 860 g/mol. The minimum atomic E-state index is -0.794. The number of ether oxygens (including phenoxy) is 1. The van der Waals surface area contributed by atoms with Crippen LogP contribution in [-0.4, -0.2) is 46.9 Å². The van der Waals surface area contributed by atoms with Crippen LogP contribution in [0.1, 0.15) is 290 Å². The van der Waals surface area contributed by atoms with Gasteiger partial charge in [0, 0.05) is 6.42 Å². The van der Waals surface area contributed by atoms with Crippen LogP contribution < -0.4 is 5.32 Å². The summed E-state index contributed by atoms with van der Waals surface area (Å²) in [5.41, 5.74) is 0. The van der Waals surface area contributed by atoms with Crippen LogP contribution in [0.15, 0.2) is 24.3 Å². The zero-order chi connectivity index (χ0) is 44.5. The number of nitrogens with one attached hydrogen (secondary N) is 1. The number of amides is 1. The van der Waals surface area contributed by atoms with Crippen molar-refractivity contribution in [2.45, 2.75) is 309 Å². The Morgan fingerprint density at radius 1 is 0.475 bits per heavy atom. The largest absolute Gasteiger partial charge is 0.462 e. The Morgan fingerprint density at radius 3 is 1.25 bits per heavy atom. The molecule has 0 heterocycles. The van der Waals surface area contributed by atoms with Gasteiger partial charge in [0.15, 0.2) is 0 Å². The van der Waals surface area contributed by atoms with Gasteiger partial charge in [-0.15, -0.1) is 0 Å². The molecule has 1 amide bonds. The number of aliphatic hydroxyl groups excluding tert-OH is 2. The van der Waals surface area contributed by atoms with Crippen molar-refractivity contribution in [1.29, 1.82) is 0 Å². The van der Waals surface area contributed by atoms with Gasteiger partial charge in [0.25, 0.3) is 0 Å². The van der Waals surface area contributed by atoms with Gasteiger partial charge in [0.05, 0.1) is 25.2 Å². The average Bonchev–Trinajstić information content (AvgIpc) is 3.25. The van der Waals surface area contributed by atoms with Gasteiger partial charge >= 0.3 is 5.97 Å². The minimum Gasteiger partial charge on any atom is -0.462 e. The molecule has 0 saturated carbocycles. The maximum Gasteiger partial charge on any atom is 0.306 e. The highest BCUT2D eigenvalue weighted by Crippen LogP contribution is 2.18. The molecule has 3 unspecified atom stereocenters. The van der Waals surface area contributed by atoms with Crippen molar-refractivity contribution >= 4 is 11.9 Å². The maximum absolute atomic E-state index is 13.2. The molecule has 0 aliphatic heterocycles.